The molecular weight excluding hydrogens is 192 g/mol. The van der Waals surface area contributed by atoms with E-state index >= 15 is 0 Å². The average Bonchev–Trinajstić information content (AvgIpc) is 3.09. The summed E-state index contributed by atoms with van der Waals surface area (Å²) in [6.07, 6.45) is 4.83. The Morgan fingerprint density at radius 2 is 2.27 bits per heavy atom. The number of rotatable bonds is 3. The summed E-state index contributed by atoms with van der Waals surface area (Å²) in [5.41, 5.74) is 2.61. The third-order valence-corrected chi connectivity index (χ3v) is 2.82. The van der Waals surface area contributed by atoms with Crippen LogP contribution < -0.4 is 16.6 Å². The first kappa shape index (κ1) is 10.7. The van der Waals surface area contributed by atoms with Gasteiger partial charge in [0, 0.05) is 25.1 Å². The Labute approximate surface area is 90.4 Å². The molecule has 0 bridgehead atoms. The maximum absolute atomic E-state index is 5.40. The first-order chi connectivity index (χ1) is 7.38. The molecule has 1 heterocycles. The lowest BCUT2D eigenvalue weighted by Gasteiger charge is -2.20. The number of nitrogens with zero attached hydrogens (tertiary/aromatic N) is 1. The number of ether oxygens (including phenoxy) is 1. The van der Waals surface area contributed by atoms with Crippen LogP contribution in [0.15, 0.2) is 4.99 Å². The van der Waals surface area contributed by atoms with E-state index in [0.29, 0.717) is 12.0 Å². The Hall–Kier alpha value is -0.810. The minimum atomic E-state index is 0.558. The molecule has 1 saturated heterocycles. The molecule has 1 aliphatic carbocycles. The molecule has 1 saturated carbocycles. The van der Waals surface area contributed by atoms with E-state index in [9.17, 15) is 0 Å². The molecule has 0 aromatic heterocycles. The summed E-state index contributed by atoms with van der Waals surface area (Å²) in [5.74, 6) is 6.67. The van der Waals surface area contributed by atoms with Crippen molar-refractivity contribution in [1.82, 2.24) is 10.7 Å². The van der Waals surface area contributed by atoms with Crippen molar-refractivity contribution in [2.75, 3.05) is 19.8 Å². The SMILES string of the molecule is NNC(=NCC1CCCOC1)NC1CC1. The molecule has 0 amide bonds. The Morgan fingerprint density at radius 3 is 2.87 bits per heavy atom. The molecule has 0 spiro atoms. The lowest BCUT2D eigenvalue weighted by molar-refractivity contribution is 0.0582. The molecule has 86 valence electrons. The summed E-state index contributed by atoms with van der Waals surface area (Å²) in [4.78, 5) is 4.44. The highest BCUT2D eigenvalue weighted by atomic mass is 16.5. The number of aliphatic imine (C=N–C) groups is 1. The summed E-state index contributed by atoms with van der Waals surface area (Å²) >= 11 is 0. The first-order valence-electron chi connectivity index (χ1n) is 5.74. The summed E-state index contributed by atoms with van der Waals surface area (Å²) in [5, 5.41) is 3.25. The number of hydrogen-bond acceptors (Lipinski definition) is 3. The monoisotopic (exact) mass is 212 g/mol. The van der Waals surface area contributed by atoms with Crippen LogP contribution in [0.2, 0.25) is 0 Å². The van der Waals surface area contributed by atoms with Gasteiger partial charge in [-0.05, 0) is 25.7 Å². The largest absolute Gasteiger partial charge is 0.381 e. The van der Waals surface area contributed by atoms with Gasteiger partial charge in [-0.3, -0.25) is 10.4 Å². The second-order valence-electron chi connectivity index (χ2n) is 4.34. The Kier molecular flexibility index (Phi) is 3.80. The Balaban J connectivity index is 1.73. The van der Waals surface area contributed by atoms with E-state index in [-0.39, 0.29) is 0 Å². The van der Waals surface area contributed by atoms with E-state index in [2.05, 4.69) is 15.7 Å². The third kappa shape index (κ3) is 3.68. The summed E-state index contributed by atoms with van der Waals surface area (Å²) in [6, 6.07) is 0.586. The molecule has 2 aliphatic rings. The van der Waals surface area contributed by atoms with Gasteiger partial charge >= 0.3 is 0 Å². The van der Waals surface area contributed by atoms with E-state index in [4.69, 9.17) is 10.6 Å². The van der Waals surface area contributed by atoms with Crippen molar-refractivity contribution in [3.63, 3.8) is 0 Å². The number of nitrogens with two attached hydrogens (primary N) is 1. The second kappa shape index (κ2) is 5.32. The molecule has 2 rings (SSSR count). The smallest absolute Gasteiger partial charge is 0.205 e. The quantitative estimate of drug-likeness (QED) is 0.266. The van der Waals surface area contributed by atoms with Gasteiger partial charge in [-0.2, -0.15) is 0 Å². The van der Waals surface area contributed by atoms with Crippen molar-refractivity contribution < 1.29 is 4.74 Å². The zero-order valence-electron chi connectivity index (χ0n) is 9.04. The maximum Gasteiger partial charge on any atom is 0.205 e. The zero-order valence-corrected chi connectivity index (χ0v) is 9.04. The van der Waals surface area contributed by atoms with Gasteiger partial charge in [-0.15, -0.1) is 0 Å². The van der Waals surface area contributed by atoms with Crippen molar-refractivity contribution in [1.29, 1.82) is 0 Å². The van der Waals surface area contributed by atoms with Crippen LogP contribution in [0.3, 0.4) is 0 Å². The highest BCUT2D eigenvalue weighted by molar-refractivity contribution is 5.79. The topological polar surface area (TPSA) is 71.7 Å². The maximum atomic E-state index is 5.40. The lowest BCUT2D eigenvalue weighted by atomic mass is 10.0. The fourth-order valence-electron chi connectivity index (χ4n) is 1.73. The van der Waals surface area contributed by atoms with Crippen LogP contribution in [0, 0.1) is 5.92 Å². The predicted octanol–water partition coefficient (Wildman–Crippen LogP) is -0.0157. The molecule has 5 heteroatoms. The molecule has 1 atom stereocenters. The van der Waals surface area contributed by atoms with E-state index in [1.54, 1.807) is 0 Å². The van der Waals surface area contributed by atoms with Gasteiger partial charge in [-0.25, -0.2) is 5.84 Å². The van der Waals surface area contributed by atoms with Crippen LogP contribution in [0.5, 0.6) is 0 Å². The molecule has 5 nitrogen and oxygen atoms in total. The van der Waals surface area contributed by atoms with Gasteiger partial charge in [0.25, 0.3) is 0 Å². The molecule has 0 aromatic rings. The number of hydrogen-bond donors (Lipinski definition) is 3. The molecule has 1 unspecified atom stereocenters. The van der Waals surface area contributed by atoms with Crippen LogP contribution in [0.25, 0.3) is 0 Å². The zero-order chi connectivity index (χ0) is 10.5. The highest BCUT2D eigenvalue weighted by Gasteiger charge is 2.22. The summed E-state index contributed by atoms with van der Waals surface area (Å²) < 4.78 is 5.40. The Morgan fingerprint density at radius 1 is 1.40 bits per heavy atom. The van der Waals surface area contributed by atoms with E-state index in [1.807, 2.05) is 0 Å². The van der Waals surface area contributed by atoms with Crippen molar-refractivity contribution in [3.05, 3.63) is 0 Å². The minimum absolute atomic E-state index is 0.558. The summed E-state index contributed by atoms with van der Waals surface area (Å²) in [6.45, 7) is 2.55. The van der Waals surface area contributed by atoms with Gasteiger partial charge in [0.05, 0.1) is 6.61 Å². The van der Waals surface area contributed by atoms with Crippen molar-refractivity contribution >= 4 is 5.96 Å². The molecule has 15 heavy (non-hydrogen) atoms. The molecule has 0 radical (unpaired) electrons. The molecular formula is C10H20N4O. The number of hydrazine groups is 1. The van der Waals surface area contributed by atoms with Gasteiger partial charge in [0.2, 0.25) is 5.96 Å². The van der Waals surface area contributed by atoms with E-state index in [1.165, 1.54) is 19.3 Å². The first-order valence-corrected chi connectivity index (χ1v) is 5.74. The third-order valence-electron chi connectivity index (χ3n) is 2.82. The van der Waals surface area contributed by atoms with Crippen molar-refractivity contribution in [2.45, 2.75) is 31.7 Å². The van der Waals surface area contributed by atoms with E-state index in [0.717, 1.165) is 32.1 Å². The number of guanidine groups is 1. The second-order valence-corrected chi connectivity index (χ2v) is 4.34. The van der Waals surface area contributed by atoms with Crippen LogP contribution >= 0.6 is 0 Å². The average molecular weight is 212 g/mol. The normalized spacial score (nSPS) is 27.5. The van der Waals surface area contributed by atoms with Crippen molar-refractivity contribution in [2.24, 2.45) is 16.8 Å². The molecule has 0 aromatic carbocycles. The van der Waals surface area contributed by atoms with Gasteiger partial charge < -0.3 is 10.1 Å². The van der Waals surface area contributed by atoms with Crippen LogP contribution in [-0.4, -0.2) is 31.8 Å². The van der Waals surface area contributed by atoms with E-state index < -0.39 is 0 Å². The minimum Gasteiger partial charge on any atom is -0.381 e. The highest BCUT2D eigenvalue weighted by Crippen LogP contribution is 2.18. The Bertz CT molecular complexity index is 221. The van der Waals surface area contributed by atoms with Crippen LogP contribution in [0.4, 0.5) is 0 Å². The fraction of sp³-hybridized carbons (Fsp3) is 0.900. The predicted molar refractivity (Wildman–Crippen MR) is 59.3 cm³/mol. The number of nitrogens with one attached hydrogen (secondary N) is 2. The molecule has 1 aliphatic heterocycles. The van der Waals surface area contributed by atoms with Gasteiger partial charge in [0.15, 0.2) is 0 Å². The molecule has 2 fully saturated rings. The van der Waals surface area contributed by atoms with Crippen LogP contribution in [-0.2, 0) is 4.74 Å². The fourth-order valence-corrected chi connectivity index (χ4v) is 1.73. The van der Waals surface area contributed by atoms with Gasteiger partial charge in [0.1, 0.15) is 0 Å². The van der Waals surface area contributed by atoms with Crippen LogP contribution in [0.1, 0.15) is 25.7 Å². The summed E-state index contributed by atoms with van der Waals surface area (Å²) in [7, 11) is 0. The molecule has 4 N–H and O–H groups in total. The lowest BCUT2D eigenvalue weighted by Crippen LogP contribution is -2.43. The van der Waals surface area contributed by atoms with Gasteiger partial charge in [-0.1, -0.05) is 0 Å². The van der Waals surface area contributed by atoms with Crippen molar-refractivity contribution in [3.8, 4) is 0 Å². The standard InChI is InChI=1S/C10H20N4O/c11-14-10(13-9-3-4-9)12-6-8-2-1-5-15-7-8/h8-9H,1-7,11H2,(H2,12,13,14).